The second-order valence-electron chi connectivity index (χ2n) is 6.08. The highest BCUT2D eigenvalue weighted by Crippen LogP contribution is 2.23. The average molecular weight is 359 g/mol. The summed E-state index contributed by atoms with van der Waals surface area (Å²) in [5, 5.41) is 4.41. The van der Waals surface area contributed by atoms with E-state index >= 15 is 0 Å². The van der Waals surface area contributed by atoms with Crippen LogP contribution >= 0.6 is 0 Å². The van der Waals surface area contributed by atoms with E-state index in [1.165, 1.54) is 0 Å². The Bertz CT molecular complexity index is 999. The van der Waals surface area contributed by atoms with Crippen LogP contribution < -0.4 is 4.72 Å². The normalized spacial score (nSPS) is 11.8. The Labute approximate surface area is 147 Å². The lowest BCUT2D eigenvalue weighted by Crippen LogP contribution is -2.24. The van der Waals surface area contributed by atoms with Crippen molar-refractivity contribution in [3.8, 4) is 5.69 Å². The molecule has 0 radical (unpaired) electrons. The van der Waals surface area contributed by atoms with Gasteiger partial charge in [-0.15, -0.1) is 0 Å². The van der Waals surface area contributed by atoms with Gasteiger partial charge in [0, 0.05) is 0 Å². The van der Waals surface area contributed by atoms with Gasteiger partial charge in [-0.3, -0.25) is 0 Å². The van der Waals surface area contributed by atoms with Gasteiger partial charge in [0.15, 0.2) is 0 Å². The van der Waals surface area contributed by atoms with Gasteiger partial charge < -0.3 is 4.42 Å². The van der Waals surface area contributed by atoms with Gasteiger partial charge in [0.25, 0.3) is 0 Å². The van der Waals surface area contributed by atoms with E-state index in [0.717, 1.165) is 17.0 Å². The van der Waals surface area contributed by atoms with Gasteiger partial charge in [-0.2, -0.15) is 5.10 Å². The molecule has 0 aliphatic rings. The summed E-state index contributed by atoms with van der Waals surface area (Å²) >= 11 is 0. The molecule has 0 aliphatic carbocycles. The predicted molar refractivity (Wildman–Crippen MR) is 95.2 cm³/mol. The van der Waals surface area contributed by atoms with Crippen LogP contribution in [-0.2, 0) is 16.6 Å². The van der Waals surface area contributed by atoms with Crippen molar-refractivity contribution in [3.63, 3.8) is 0 Å². The second-order valence-corrected chi connectivity index (χ2v) is 7.79. The van der Waals surface area contributed by atoms with Crippen LogP contribution in [0.5, 0.6) is 0 Å². The Kier molecular flexibility index (Phi) is 4.53. The zero-order valence-electron chi connectivity index (χ0n) is 14.7. The summed E-state index contributed by atoms with van der Waals surface area (Å²) in [4.78, 5) is 0.205. The fourth-order valence-electron chi connectivity index (χ4n) is 2.77. The molecule has 7 heteroatoms. The Hall–Kier alpha value is -2.38. The topological polar surface area (TPSA) is 77.1 Å². The van der Waals surface area contributed by atoms with Crippen molar-refractivity contribution in [1.82, 2.24) is 14.5 Å². The summed E-state index contributed by atoms with van der Waals surface area (Å²) in [5.41, 5.74) is 2.99. The lowest BCUT2D eigenvalue weighted by Gasteiger charge is -2.07. The maximum Gasteiger partial charge on any atom is 0.244 e. The molecule has 1 N–H and O–H groups in total. The van der Waals surface area contributed by atoms with Gasteiger partial charge in [0.2, 0.25) is 10.0 Å². The van der Waals surface area contributed by atoms with E-state index in [1.807, 2.05) is 38.1 Å². The molecule has 0 saturated heterocycles. The molecule has 2 aromatic heterocycles. The Morgan fingerprint density at radius 1 is 1.04 bits per heavy atom. The van der Waals surface area contributed by atoms with Crippen LogP contribution in [0.1, 0.15) is 28.5 Å². The van der Waals surface area contributed by atoms with Crippen molar-refractivity contribution in [2.24, 2.45) is 0 Å². The molecule has 0 unspecified atom stereocenters. The van der Waals surface area contributed by atoms with Crippen molar-refractivity contribution >= 4 is 10.0 Å². The third-order valence-electron chi connectivity index (χ3n) is 4.00. The minimum Gasteiger partial charge on any atom is -0.465 e. The number of hydrogen-bond donors (Lipinski definition) is 1. The predicted octanol–water partition coefficient (Wildman–Crippen LogP) is 3.18. The molecule has 0 spiro atoms. The van der Waals surface area contributed by atoms with Crippen LogP contribution in [-0.4, -0.2) is 18.2 Å². The number of aromatic nitrogens is 2. The second kappa shape index (κ2) is 6.50. The van der Waals surface area contributed by atoms with Crippen LogP contribution in [0, 0.1) is 27.7 Å². The van der Waals surface area contributed by atoms with Gasteiger partial charge in [-0.1, -0.05) is 17.7 Å². The highest BCUT2D eigenvalue weighted by molar-refractivity contribution is 7.89. The highest BCUT2D eigenvalue weighted by Gasteiger charge is 2.25. The molecular formula is C18H21N3O3S. The van der Waals surface area contributed by atoms with E-state index in [-0.39, 0.29) is 11.4 Å². The molecule has 0 bridgehead atoms. The summed E-state index contributed by atoms with van der Waals surface area (Å²) in [7, 11) is -3.70. The standard InChI is InChI=1S/C18H21N3O3S/c1-12-5-8-16(9-6-12)21-15(4)18(14(3)20-21)25(22,23)19-11-17-10-7-13(2)24-17/h5-10,19H,11H2,1-4H3. The molecule has 3 rings (SSSR count). The summed E-state index contributed by atoms with van der Waals surface area (Å²) in [6.07, 6.45) is 0. The molecule has 25 heavy (non-hydrogen) atoms. The van der Waals surface area contributed by atoms with Crippen LogP contribution in [0.25, 0.3) is 5.69 Å². The van der Waals surface area contributed by atoms with E-state index in [9.17, 15) is 8.42 Å². The number of furan rings is 1. The highest BCUT2D eigenvalue weighted by atomic mass is 32.2. The molecule has 0 amide bonds. The average Bonchev–Trinajstić information content (AvgIpc) is 3.10. The summed E-state index contributed by atoms with van der Waals surface area (Å²) in [5.74, 6) is 1.32. The Morgan fingerprint density at radius 3 is 2.32 bits per heavy atom. The molecule has 6 nitrogen and oxygen atoms in total. The molecule has 132 valence electrons. The van der Waals surface area contributed by atoms with Crippen molar-refractivity contribution in [2.45, 2.75) is 39.1 Å². The largest absolute Gasteiger partial charge is 0.465 e. The fraction of sp³-hybridized carbons (Fsp3) is 0.278. The number of rotatable bonds is 5. The molecule has 3 aromatic rings. The minimum absolute atomic E-state index is 0.102. The maximum absolute atomic E-state index is 12.7. The smallest absolute Gasteiger partial charge is 0.244 e. The Balaban J connectivity index is 1.92. The van der Waals surface area contributed by atoms with Gasteiger partial charge >= 0.3 is 0 Å². The van der Waals surface area contributed by atoms with E-state index < -0.39 is 10.0 Å². The lowest BCUT2D eigenvalue weighted by molar-refractivity contribution is 0.475. The third kappa shape index (κ3) is 3.52. The van der Waals surface area contributed by atoms with Crippen LogP contribution in [0.15, 0.2) is 45.7 Å². The number of nitrogens with one attached hydrogen (secondary N) is 1. The molecule has 0 atom stereocenters. The number of nitrogens with zero attached hydrogens (tertiary/aromatic N) is 2. The molecular weight excluding hydrogens is 338 g/mol. The first kappa shape index (κ1) is 17.4. The van der Waals surface area contributed by atoms with Crippen molar-refractivity contribution < 1.29 is 12.8 Å². The quantitative estimate of drug-likeness (QED) is 0.759. The first-order valence-corrected chi connectivity index (χ1v) is 9.44. The number of hydrogen-bond acceptors (Lipinski definition) is 4. The molecule has 0 saturated carbocycles. The fourth-order valence-corrected chi connectivity index (χ4v) is 4.15. The minimum atomic E-state index is -3.70. The molecule has 2 heterocycles. The maximum atomic E-state index is 12.7. The van der Waals surface area contributed by atoms with Crippen molar-refractivity contribution in [3.05, 3.63) is 64.9 Å². The molecule has 0 aliphatic heterocycles. The van der Waals surface area contributed by atoms with Gasteiger partial charge in [-0.05, 0) is 52.0 Å². The number of sulfonamides is 1. The first-order chi connectivity index (χ1) is 11.8. The zero-order valence-corrected chi connectivity index (χ0v) is 15.5. The first-order valence-electron chi connectivity index (χ1n) is 7.96. The lowest BCUT2D eigenvalue weighted by atomic mass is 10.2. The summed E-state index contributed by atoms with van der Waals surface area (Å²) < 4.78 is 35.1. The van der Waals surface area contributed by atoms with Crippen LogP contribution in [0.2, 0.25) is 0 Å². The molecule has 1 aromatic carbocycles. The van der Waals surface area contributed by atoms with E-state index in [1.54, 1.807) is 30.7 Å². The Morgan fingerprint density at radius 2 is 1.72 bits per heavy atom. The van der Waals surface area contributed by atoms with E-state index in [2.05, 4.69) is 9.82 Å². The SMILES string of the molecule is Cc1ccc(-n2nc(C)c(S(=O)(=O)NCc3ccc(C)o3)c2C)cc1. The van der Waals surface area contributed by atoms with Gasteiger partial charge in [0.05, 0.1) is 23.6 Å². The zero-order chi connectivity index (χ0) is 18.2. The van der Waals surface area contributed by atoms with Crippen molar-refractivity contribution in [1.29, 1.82) is 0 Å². The van der Waals surface area contributed by atoms with Crippen LogP contribution in [0.3, 0.4) is 0 Å². The van der Waals surface area contributed by atoms with Gasteiger partial charge in [0.1, 0.15) is 16.4 Å². The van der Waals surface area contributed by atoms with E-state index in [4.69, 9.17) is 4.42 Å². The monoisotopic (exact) mass is 359 g/mol. The molecule has 0 fully saturated rings. The summed E-state index contributed by atoms with van der Waals surface area (Å²) in [6, 6.07) is 11.3. The van der Waals surface area contributed by atoms with E-state index in [0.29, 0.717) is 17.1 Å². The van der Waals surface area contributed by atoms with Gasteiger partial charge in [-0.25, -0.2) is 17.8 Å². The summed E-state index contributed by atoms with van der Waals surface area (Å²) in [6.45, 7) is 7.37. The van der Waals surface area contributed by atoms with Crippen LogP contribution in [0.4, 0.5) is 0 Å². The third-order valence-corrected chi connectivity index (χ3v) is 5.66. The number of benzene rings is 1. The number of aryl methyl sites for hydroxylation is 3. The van der Waals surface area contributed by atoms with Crippen molar-refractivity contribution in [2.75, 3.05) is 0 Å².